The number of rotatable bonds is 4. The van der Waals surface area contributed by atoms with E-state index in [0.29, 0.717) is 0 Å². The lowest BCUT2D eigenvalue weighted by molar-refractivity contribution is 0.296. The average molecular weight is 265 g/mol. The standard InChI is InChI=1S/C19H23N/c1-4-20(5-2)13-17-11-7-10-16-12-15-9-6-8-14(3)18(15)19(16)17/h6-11H,4-5,12-13H2,1-3H3. The minimum absolute atomic E-state index is 1.06. The highest BCUT2D eigenvalue weighted by Crippen LogP contribution is 2.41. The van der Waals surface area contributed by atoms with Crippen LogP contribution in [0.4, 0.5) is 0 Å². The van der Waals surface area contributed by atoms with Gasteiger partial charge in [-0.25, -0.2) is 0 Å². The Labute approximate surface area is 122 Å². The largest absolute Gasteiger partial charge is 0.300 e. The molecule has 0 spiro atoms. The summed E-state index contributed by atoms with van der Waals surface area (Å²) in [6.45, 7) is 10.0. The van der Waals surface area contributed by atoms with Gasteiger partial charge in [0.25, 0.3) is 0 Å². The maximum absolute atomic E-state index is 2.49. The summed E-state index contributed by atoms with van der Waals surface area (Å²) in [6, 6.07) is 13.5. The molecule has 0 N–H and O–H groups in total. The highest BCUT2D eigenvalue weighted by molar-refractivity contribution is 5.81. The fraction of sp³-hybridized carbons (Fsp3) is 0.368. The predicted octanol–water partition coefficient (Wildman–Crippen LogP) is 4.41. The smallest absolute Gasteiger partial charge is 0.0239 e. The molecule has 0 fully saturated rings. The van der Waals surface area contributed by atoms with Crippen LogP contribution in [0.2, 0.25) is 0 Å². The van der Waals surface area contributed by atoms with Crippen molar-refractivity contribution in [2.75, 3.05) is 13.1 Å². The summed E-state index contributed by atoms with van der Waals surface area (Å²) >= 11 is 0. The third-order valence-electron chi connectivity index (χ3n) is 4.52. The van der Waals surface area contributed by atoms with Crippen molar-refractivity contribution in [3.8, 4) is 11.1 Å². The molecule has 3 rings (SSSR count). The average Bonchev–Trinajstić information content (AvgIpc) is 2.85. The molecule has 0 bridgehead atoms. The van der Waals surface area contributed by atoms with Gasteiger partial charge < -0.3 is 0 Å². The molecular weight excluding hydrogens is 242 g/mol. The molecule has 0 radical (unpaired) electrons. The van der Waals surface area contributed by atoms with Crippen molar-refractivity contribution < 1.29 is 0 Å². The van der Waals surface area contributed by atoms with Crippen LogP contribution in [0.15, 0.2) is 36.4 Å². The SMILES string of the molecule is CCN(CC)Cc1cccc2c1-c1c(C)cccc1C2. The first-order chi connectivity index (χ1) is 9.74. The van der Waals surface area contributed by atoms with Gasteiger partial charge in [-0.1, -0.05) is 50.2 Å². The number of nitrogens with zero attached hydrogens (tertiary/aromatic N) is 1. The molecule has 0 unspecified atom stereocenters. The van der Waals surface area contributed by atoms with Gasteiger partial charge >= 0.3 is 0 Å². The summed E-state index contributed by atoms with van der Waals surface area (Å²) in [5.74, 6) is 0. The first-order valence-corrected chi connectivity index (χ1v) is 7.66. The summed E-state index contributed by atoms with van der Waals surface area (Å²) in [7, 11) is 0. The topological polar surface area (TPSA) is 3.24 Å². The molecule has 0 aromatic heterocycles. The lowest BCUT2D eigenvalue weighted by Crippen LogP contribution is -2.22. The zero-order chi connectivity index (χ0) is 14.1. The predicted molar refractivity (Wildman–Crippen MR) is 86.0 cm³/mol. The van der Waals surface area contributed by atoms with E-state index in [1.165, 1.54) is 33.4 Å². The Morgan fingerprint density at radius 3 is 2.25 bits per heavy atom. The van der Waals surface area contributed by atoms with Crippen LogP contribution < -0.4 is 0 Å². The second kappa shape index (κ2) is 5.41. The maximum atomic E-state index is 2.49. The molecule has 0 saturated heterocycles. The van der Waals surface area contributed by atoms with Crippen molar-refractivity contribution in [3.05, 3.63) is 58.7 Å². The van der Waals surface area contributed by atoms with Gasteiger partial charge in [-0.2, -0.15) is 0 Å². The molecule has 1 aliphatic carbocycles. The fourth-order valence-corrected chi connectivity index (χ4v) is 3.38. The monoisotopic (exact) mass is 265 g/mol. The van der Waals surface area contributed by atoms with Crippen LogP contribution >= 0.6 is 0 Å². The van der Waals surface area contributed by atoms with E-state index < -0.39 is 0 Å². The molecule has 104 valence electrons. The molecule has 1 heteroatoms. The third kappa shape index (κ3) is 2.16. The van der Waals surface area contributed by atoms with Crippen LogP contribution in [0.25, 0.3) is 11.1 Å². The maximum Gasteiger partial charge on any atom is 0.0239 e. The van der Waals surface area contributed by atoms with Crippen molar-refractivity contribution >= 4 is 0 Å². The molecule has 1 nitrogen and oxygen atoms in total. The van der Waals surface area contributed by atoms with E-state index >= 15 is 0 Å². The van der Waals surface area contributed by atoms with E-state index in [0.717, 1.165) is 26.1 Å². The van der Waals surface area contributed by atoms with Gasteiger partial charge in [0.15, 0.2) is 0 Å². The van der Waals surface area contributed by atoms with Crippen LogP contribution in [0.1, 0.15) is 36.1 Å². The summed E-state index contributed by atoms with van der Waals surface area (Å²) in [5, 5.41) is 0. The Bertz CT molecular complexity index is 624. The van der Waals surface area contributed by atoms with Crippen molar-refractivity contribution in [2.45, 2.75) is 33.7 Å². The molecule has 20 heavy (non-hydrogen) atoms. The van der Waals surface area contributed by atoms with Crippen LogP contribution in [-0.2, 0) is 13.0 Å². The molecule has 0 aliphatic heterocycles. The lowest BCUT2D eigenvalue weighted by atomic mass is 9.96. The van der Waals surface area contributed by atoms with Crippen LogP contribution in [0.3, 0.4) is 0 Å². The molecule has 1 aliphatic rings. The normalized spacial score (nSPS) is 12.6. The summed E-state index contributed by atoms with van der Waals surface area (Å²) < 4.78 is 0. The van der Waals surface area contributed by atoms with Crippen LogP contribution in [0, 0.1) is 6.92 Å². The molecule has 0 heterocycles. The second-order valence-corrected chi connectivity index (χ2v) is 5.70. The van der Waals surface area contributed by atoms with Gasteiger partial charge in [-0.3, -0.25) is 4.90 Å². The molecule has 2 aromatic rings. The molecule has 0 saturated carbocycles. The van der Waals surface area contributed by atoms with E-state index in [4.69, 9.17) is 0 Å². The highest BCUT2D eigenvalue weighted by Gasteiger charge is 2.22. The number of fused-ring (bicyclic) bond motifs is 3. The Morgan fingerprint density at radius 2 is 1.55 bits per heavy atom. The molecule has 0 amide bonds. The van der Waals surface area contributed by atoms with E-state index in [2.05, 4.69) is 62.1 Å². The fourth-order valence-electron chi connectivity index (χ4n) is 3.38. The van der Waals surface area contributed by atoms with E-state index in [9.17, 15) is 0 Å². The van der Waals surface area contributed by atoms with Crippen molar-refractivity contribution in [1.82, 2.24) is 4.90 Å². The van der Waals surface area contributed by atoms with E-state index in [-0.39, 0.29) is 0 Å². The van der Waals surface area contributed by atoms with Crippen LogP contribution in [-0.4, -0.2) is 18.0 Å². The molecular formula is C19H23N. The Kier molecular flexibility index (Phi) is 3.62. The van der Waals surface area contributed by atoms with Crippen molar-refractivity contribution in [2.24, 2.45) is 0 Å². The van der Waals surface area contributed by atoms with Gasteiger partial charge in [0, 0.05) is 6.54 Å². The minimum atomic E-state index is 1.06. The number of hydrogen-bond acceptors (Lipinski definition) is 1. The van der Waals surface area contributed by atoms with Crippen molar-refractivity contribution in [1.29, 1.82) is 0 Å². The quantitative estimate of drug-likeness (QED) is 0.675. The van der Waals surface area contributed by atoms with Gasteiger partial charge in [0.1, 0.15) is 0 Å². The first kappa shape index (κ1) is 13.4. The third-order valence-corrected chi connectivity index (χ3v) is 4.52. The number of benzene rings is 2. The zero-order valence-electron chi connectivity index (χ0n) is 12.7. The zero-order valence-corrected chi connectivity index (χ0v) is 12.7. The Morgan fingerprint density at radius 1 is 0.900 bits per heavy atom. The Balaban J connectivity index is 2.09. The number of hydrogen-bond donors (Lipinski definition) is 0. The first-order valence-electron chi connectivity index (χ1n) is 7.66. The summed E-state index contributed by atoms with van der Waals surface area (Å²) in [5.41, 5.74) is 8.89. The van der Waals surface area contributed by atoms with E-state index in [1.54, 1.807) is 0 Å². The van der Waals surface area contributed by atoms with Gasteiger partial charge in [0.05, 0.1) is 0 Å². The summed E-state index contributed by atoms with van der Waals surface area (Å²) in [4.78, 5) is 2.49. The van der Waals surface area contributed by atoms with E-state index in [1.807, 2.05) is 0 Å². The highest BCUT2D eigenvalue weighted by atomic mass is 15.1. The summed E-state index contributed by atoms with van der Waals surface area (Å²) in [6.07, 6.45) is 1.10. The van der Waals surface area contributed by atoms with Gasteiger partial charge in [0.2, 0.25) is 0 Å². The van der Waals surface area contributed by atoms with Gasteiger partial charge in [-0.05, 0) is 59.8 Å². The lowest BCUT2D eigenvalue weighted by Gasteiger charge is -2.20. The van der Waals surface area contributed by atoms with Crippen LogP contribution in [0.5, 0.6) is 0 Å². The second-order valence-electron chi connectivity index (χ2n) is 5.70. The Hall–Kier alpha value is -1.60. The molecule has 2 aromatic carbocycles. The molecule has 0 atom stereocenters. The van der Waals surface area contributed by atoms with Crippen molar-refractivity contribution in [3.63, 3.8) is 0 Å². The minimum Gasteiger partial charge on any atom is -0.300 e. The van der Waals surface area contributed by atoms with Gasteiger partial charge in [-0.15, -0.1) is 0 Å². The number of aryl methyl sites for hydroxylation is 1.